The predicted molar refractivity (Wildman–Crippen MR) is 113 cm³/mol. The van der Waals surface area contributed by atoms with Gasteiger partial charge in [0.2, 0.25) is 0 Å². The molecule has 1 aromatic heterocycles. The summed E-state index contributed by atoms with van der Waals surface area (Å²) in [6.45, 7) is 9.68. The normalized spacial score (nSPS) is 15.1. The Morgan fingerprint density at radius 2 is 1.75 bits per heavy atom. The third-order valence-electron chi connectivity index (χ3n) is 5.27. The van der Waals surface area contributed by atoms with Crippen molar-refractivity contribution in [2.45, 2.75) is 20.4 Å². The molecule has 0 saturated carbocycles. The summed E-state index contributed by atoms with van der Waals surface area (Å²) in [7, 11) is 0. The maximum atomic E-state index is 12.6. The molecular weight excluding hydrogens is 350 g/mol. The van der Waals surface area contributed by atoms with Crippen LogP contribution in [0.4, 0.5) is 5.69 Å². The van der Waals surface area contributed by atoms with Crippen molar-refractivity contribution in [2.75, 3.05) is 38.2 Å². The number of carbonyl (C=O) groups is 1. The predicted octanol–water partition coefficient (Wildman–Crippen LogP) is 3.84. The van der Waals surface area contributed by atoms with Gasteiger partial charge in [-0.3, -0.25) is 9.69 Å². The van der Waals surface area contributed by atoms with Crippen molar-refractivity contribution < 1.29 is 9.53 Å². The molecule has 2 heterocycles. The van der Waals surface area contributed by atoms with E-state index in [9.17, 15) is 4.79 Å². The number of carbonyl (C=O) groups excluding carboxylic acids is 1. The van der Waals surface area contributed by atoms with Crippen LogP contribution >= 0.6 is 0 Å². The topological polar surface area (TPSA) is 46.5 Å². The van der Waals surface area contributed by atoms with Crippen molar-refractivity contribution in [3.63, 3.8) is 0 Å². The number of nitrogens with zero attached hydrogens (tertiary/aromatic N) is 2. The summed E-state index contributed by atoms with van der Waals surface area (Å²) in [6.07, 6.45) is 2.13. The first-order valence-corrected chi connectivity index (χ1v) is 9.87. The van der Waals surface area contributed by atoms with E-state index in [0.29, 0.717) is 5.56 Å². The molecule has 2 aromatic carbocycles. The number of benzene rings is 2. The van der Waals surface area contributed by atoms with E-state index in [4.69, 9.17) is 4.74 Å². The Labute approximate surface area is 165 Å². The van der Waals surface area contributed by atoms with Crippen LogP contribution in [-0.2, 0) is 11.3 Å². The average molecular weight is 377 g/mol. The fourth-order valence-corrected chi connectivity index (χ4v) is 3.86. The van der Waals surface area contributed by atoms with E-state index in [-0.39, 0.29) is 5.91 Å². The van der Waals surface area contributed by atoms with Gasteiger partial charge in [-0.25, -0.2) is 0 Å². The average Bonchev–Trinajstić information content (AvgIpc) is 3.08. The van der Waals surface area contributed by atoms with E-state index in [1.165, 1.54) is 5.52 Å². The van der Waals surface area contributed by atoms with E-state index in [1.807, 2.05) is 38.1 Å². The number of amides is 1. The van der Waals surface area contributed by atoms with Gasteiger partial charge in [0.15, 0.2) is 0 Å². The highest BCUT2D eigenvalue weighted by molar-refractivity contribution is 6.05. The minimum absolute atomic E-state index is 0.0714. The molecule has 3 aromatic rings. The molecule has 1 saturated heterocycles. The van der Waals surface area contributed by atoms with Gasteiger partial charge in [-0.1, -0.05) is 17.2 Å². The van der Waals surface area contributed by atoms with Crippen molar-refractivity contribution in [3.05, 3.63) is 65.4 Å². The lowest BCUT2D eigenvalue weighted by atomic mass is 10.1. The van der Waals surface area contributed by atoms with Gasteiger partial charge in [0, 0.05) is 54.5 Å². The first kappa shape index (κ1) is 18.7. The number of rotatable bonds is 5. The molecule has 1 fully saturated rings. The number of fused-ring (bicyclic) bond motifs is 1. The van der Waals surface area contributed by atoms with Gasteiger partial charge in [-0.2, -0.15) is 0 Å². The highest BCUT2D eigenvalue weighted by Crippen LogP contribution is 2.21. The van der Waals surface area contributed by atoms with E-state index in [1.54, 1.807) is 0 Å². The standard InChI is InChI=1S/C23H27N3O2/c1-17-13-18(2)15-20(14-17)23(27)24-21-3-4-22-19(16-21)5-6-26(22)8-7-25-9-11-28-12-10-25/h3-6,13-16H,7-12H2,1-2H3,(H,24,27). The van der Waals surface area contributed by atoms with Gasteiger partial charge in [0.05, 0.1) is 13.2 Å². The van der Waals surface area contributed by atoms with Crippen LogP contribution in [0.1, 0.15) is 21.5 Å². The molecular formula is C23H27N3O2. The summed E-state index contributed by atoms with van der Waals surface area (Å²) in [4.78, 5) is 15.0. The van der Waals surface area contributed by atoms with Crippen LogP contribution in [0.5, 0.6) is 0 Å². The summed E-state index contributed by atoms with van der Waals surface area (Å²) in [5.41, 5.74) is 4.90. The van der Waals surface area contributed by atoms with Gasteiger partial charge in [0.1, 0.15) is 0 Å². The molecule has 1 N–H and O–H groups in total. The molecule has 0 aliphatic carbocycles. The lowest BCUT2D eigenvalue weighted by molar-refractivity contribution is 0.0365. The van der Waals surface area contributed by atoms with E-state index in [2.05, 4.69) is 39.2 Å². The van der Waals surface area contributed by atoms with Gasteiger partial charge in [-0.05, 0) is 50.2 Å². The van der Waals surface area contributed by atoms with Crippen molar-refractivity contribution in [1.29, 1.82) is 0 Å². The molecule has 146 valence electrons. The summed E-state index contributed by atoms with van der Waals surface area (Å²) in [6, 6.07) is 14.1. The van der Waals surface area contributed by atoms with Crippen molar-refractivity contribution in [2.24, 2.45) is 0 Å². The Morgan fingerprint density at radius 3 is 2.50 bits per heavy atom. The molecule has 28 heavy (non-hydrogen) atoms. The van der Waals surface area contributed by atoms with Crippen LogP contribution in [0.3, 0.4) is 0 Å². The van der Waals surface area contributed by atoms with E-state index < -0.39 is 0 Å². The third-order valence-corrected chi connectivity index (χ3v) is 5.27. The third kappa shape index (κ3) is 4.26. The lowest BCUT2D eigenvalue weighted by Crippen LogP contribution is -2.38. The monoisotopic (exact) mass is 377 g/mol. The van der Waals surface area contributed by atoms with Gasteiger partial charge in [-0.15, -0.1) is 0 Å². The highest BCUT2D eigenvalue weighted by Gasteiger charge is 2.12. The second-order valence-electron chi connectivity index (χ2n) is 7.57. The van der Waals surface area contributed by atoms with Gasteiger partial charge >= 0.3 is 0 Å². The number of hydrogen-bond donors (Lipinski definition) is 1. The van der Waals surface area contributed by atoms with E-state index >= 15 is 0 Å². The lowest BCUT2D eigenvalue weighted by Gasteiger charge is -2.26. The van der Waals surface area contributed by atoms with Gasteiger partial charge in [0.25, 0.3) is 5.91 Å². The van der Waals surface area contributed by atoms with E-state index in [0.717, 1.165) is 61.6 Å². The minimum Gasteiger partial charge on any atom is -0.379 e. The van der Waals surface area contributed by atoms with Crippen molar-refractivity contribution in [3.8, 4) is 0 Å². The van der Waals surface area contributed by atoms with Gasteiger partial charge < -0.3 is 14.6 Å². The summed E-state index contributed by atoms with van der Waals surface area (Å²) >= 11 is 0. The fraction of sp³-hybridized carbons (Fsp3) is 0.348. The molecule has 5 nitrogen and oxygen atoms in total. The first-order valence-electron chi connectivity index (χ1n) is 9.87. The Balaban J connectivity index is 1.45. The molecule has 5 heteroatoms. The number of morpholine rings is 1. The smallest absolute Gasteiger partial charge is 0.255 e. The van der Waals surface area contributed by atoms with Crippen LogP contribution in [0.25, 0.3) is 10.9 Å². The Morgan fingerprint density at radius 1 is 1.00 bits per heavy atom. The zero-order valence-electron chi connectivity index (χ0n) is 16.6. The maximum absolute atomic E-state index is 12.6. The number of aromatic nitrogens is 1. The zero-order chi connectivity index (χ0) is 19.5. The molecule has 4 rings (SSSR count). The van der Waals surface area contributed by atoms with Crippen LogP contribution in [0.15, 0.2) is 48.7 Å². The Kier molecular flexibility index (Phi) is 5.46. The molecule has 1 aliphatic heterocycles. The molecule has 0 bridgehead atoms. The second-order valence-corrected chi connectivity index (χ2v) is 7.57. The van der Waals surface area contributed by atoms with Crippen molar-refractivity contribution in [1.82, 2.24) is 9.47 Å². The SMILES string of the molecule is Cc1cc(C)cc(C(=O)Nc2ccc3c(ccn3CCN3CCOCC3)c2)c1. The number of aryl methyl sites for hydroxylation is 2. The second kappa shape index (κ2) is 8.17. The molecule has 0 atom stereocenters. The minimum atomic E-state index is -0.0714. The molecule has 0 unspecified atom stereocenters. The van der Waals surface area contributed by atoms with Crippen molar-refractivity contribution >= 4 is 22.5 Å². The number of anilines is 1. The Bertz CT molecular complexity index is 966. The molecule has 1 aliphatic rings. The van der Waals surface area contributed by atoms with Crippen LogP contribution in [0.2, 0.25) is 0 Å². The van der Waals surface area contributed by atoms with Crippen LogP contribution in [0, 0.1) is 13.8 Å². The summed E-state index contributed by atoms with van der Waals surface area (Å²) in [5, 5.41) is 4.17. The summed E-state index contributed by atoms with van der Waals surface area (Å²) < 4.78 is 7.69. The maximum Gasteiger partial charge on any atom is 0.255 e. The number of ether oxygens (including phenoxy) is 1. The van der Waals surface area contributed by atoms with Crippen LogP contribution in [-0.4, -0.2) is 48.2 Å². The molecule has 0 spiro atoms. The fourth-order valence-electron chi connectivity index (χ4n) is 3.86. The Hall–Kier alpha value is -2.63. The first-order chi connectivity index (χ1) is 13.6. The molecule has 0 radical (unpaired) electrons. The molecule has 1 amide bonds. The zero-order valence-corrected chi connectivity index (χ0v) is 16.6. The number of hydrogen-bond acceptors (Lipinski definition) is 3. The largest absolute Gasteiger partial charge is 0.379 e. The quantitative estimate of drug-likeness (QED) is 0.735. The summed E-state index contributed by atoms with van der Waals surface area (Å²) in [5.74, 6) is -0.0714. The van der Waals surface area contributed by atoms with Crippen LogP contribution < -0.4 is 5.32 Å². The number of nitrogens with one attached hydrogen (secondary N) is 1. The highest BCUT2D eigenvalue weighted by atomic mass is 16.5.